The molecular formula is C18H18F2N2O. The van der Waals surface area contributed by atoms with Crippen molar-refractivity contribution in [1.29, 1.82) is 0 Å². The lowest BCUT2D eigenvalue weighted by Crippen LogP contribution is -2.33. The third-order valence-corrected chi connectivity index (χ3v) is 3.98. The summed E-state index contributed by atoms with van der Waals surface area (Å²) in [5.74, 6) is -0.686. The van der Waals surface area contributed by atoms with Crippen LogP contribution in [-0.2, 0) is 0 Å². The smallest absolute Gasteiger partial charge is 0.132 e. The molecule has 120 valence electrons. The van der Waals surface area contributed by atoms with E-state index < -0.39 is 12.1 Å². The molecule has 2 atom stereocenters. The molecule has 0 fully saturated rings. The van der Waals surface area contributed by atoms with Gasteiger partial charge in [0, 0.05) is 18.1 Å². The monoisotopic (exact) mass is 316 g/mol. The zero-order chi connectivity index (χ0) is 16.4. The molecule has 0 aliphatic carbocycles. The second-order valence-electron chi connectivity index (χ2n) is 5.52. The van der Waals surface area contributed by atoms with E-state index in [1.165, 1.54) is 18.2 Å². The van der Waals surface area contributed by atoms with Crippen LogP contribution < -0.4 is 5.32 Å². The van der Waals surface area contributed by atoms with Crippen molar-refractivity contribution >= 4 is 10.9 Å². The third kappa shape index (κ3) is 2.98. The van der Waals surface area contributed by atoms with Crippen LogP contribution in [0.1, 0.15) is 11.6 Å². The van der Waals surface area contributed by atoms with Gasteiger partial charge in [0.1, 0.15) is 11.6 Å². The quantitative estimate of drug-likeness (QED) is 0.759. The van der Waals surface area contributed by atoms with Crippen LogP contribution >= 0.6 is 0 Å². The highest BCUT2D eigenvalue weighted by molar-refractivity contribution is 5.81. The first-order valence-electron chi connectivity index (χ1n) is 7.45. The molecule has 5 heteroatoms. The summed E-state index contributed by atoms with van der Waals surface area (Å²) in [6.45, 7) is 0.330. The number of aromatic nitrogens is 1. The van der Waals surface area contributed by atoms with E-state index >= 15 is 0 Å². The highest BCUT2D eigenvalue weighted by Gasteiger charge is 2.24. The predicted molar refractivity (Wildman–Crippen MR) is 86.4 cm³/mol. The number of nitrogens with one attached hydrogen (secondary N) is 1. The number of likely N-dealkylation sites (N-methyl/N-ethyl adjacent to an activating group) is 1. The van der Waals surface area contributed by atoms with E-state index in [9.17, 15) is 13.9 Å². The summed E-state index contributed by atoms with van der Waals surface area (Å²) in [6, 6.07) is 12.1. The Labute approximate surface area is 133 Å². The van der Waals surface area contributed by atoms with E-state index in [-0.39, 0.29) is 11.6 Å². The van der Waals surface area contributed by atoms with E-state index in [4.69, 9.17) is 0 Å². The molecule has 23 heavy (non-hydrogen) atoms. The third-order valence-electron chi connectivity index (χ3n) is 3.98. The van der Waals surface area contributed by atoms with Crippen LogP contribution in [0.2, 0.25) is 0 Å². The Balaban J connectivity index is 2.16. The molecule has 0 aliphatic heterocycles. The lowest BCUT2D eigenvalue weighted by atomic mass is 10.0. The molecule has 0 amide bonds. The van der Waals surface area contributed by atoms with Gasteiger partial charge in [-0.05, 0) is 42.9 Å². The van der Waals surface area contributed by atoms with Crippen LogP contribution in [-0.4, -0.2) is 29.4 Å². The van der Waals surface area contributed by atoms with Crippen molar-refractivity contribution in [3.8, 4) is 0 Å². The largest absolute Gasteiger partial charge is 0.389 e. The summed E-state index contributed by atoms with van der Waals surface area (Å²) >= 11 is 0. The fraction of sp³-hybridized carbons (Fsp3) is 0.222. The summed E-state index contributed by atoms with van der Waals surface area (Å²) in [6.07, 6.45) is 0.933. The predicted octanol–water partition coefficient (Wildman–Crippen LogP) is 3.09. The molecule has 3 nitrogen and oxygen atoms in total. The summed E-state index contributed by atoms with van der Waals surface area (Å²) < 4.78 is 29.3. The van der Waals surface area contributed by atoms with Gasteiger partial charge in [-0.15, -0.1) is 0 Å². The molecule has 0 saturated heterocycles. The lowest BCUT2D eigenvalue weighted by Gasteiger charge is -2.26. The average molecular weight is 316 g/mol. The highest BCUT2D eigenvalue weighted by atomic mass is 19.1. The van der Waals surface area contributed by atoms with Crippen LogP contribution in [0.4, 0.5) is 8.78 Å². The Bertz CT molecular complexity index is 816. The zero-order valence-electron chi connectivity index (χ0n) is 12.7. The Morgan fingerprint density at radius 3 is 2.65 bits per heavy atom. The van der Waals surface area contributed by atoms with Crippen LogP contribution in [0.3, 0.4) is 0 Å². The lowest BCUT2D eigenvalue weighted by molar-refractivity contribution is 0.132. The molecule has 2 N–H and O–H groups in total. The summed E-state index contributed by atoms with van der Waals surface area (Å²) in [4.78, 5) is 0. The minimum atomic E-state index is -0.791. The molecule has 0 spiro atoms. The standard InChI is InChI=1S/C18H18F2N2O/c1-21-11-17(23)18(12-4-2-5-13(19)10-12)22-9-8-14-15(20)6-3-7-16(14)22/h2-10,17-18,21,23H,11H2,1H3. The van der Waals surface area contributed by atoms with E-state index in [0.29, 0.717) is 23.0 Å². The SMILES string of the molecule is CNCC(O)C(c1cccc(F)c1)n1ccc2c(F)cccc21. The number of fused-ring (bicyclic) bond motifs is 1. The van der Waals surface area contributed by atoms with Gasteiger partial charge in [0.25, 0.3) is 0 Å². The van der Waals surface area contributed by atoms with Gasteiger partial charge < -0.3 is 15.0 Å². The van der Waals surface area contributed by atoms with Gasteiger partial charge in [-0.25, -0.2) is 8.78 Å². The molecule has 1 heterocycles. The van der Waals surface area contributed by atoms with Crippen molar-refractivity contribution in [2.45, 2.75) is 12.1 Å². The zero-order valence-corrected chi connectivity index (χ0v) is 12.7. The van der Waals surface area contributed by atoms with Crippen molar-refractivity contribution in [2.75, 3.05) is 13.6 Å². The number of benzene rings is 2. The van der Waals surface area contributed by atoms with Gasteiger partial charge in [-0.2, -0.15) is 0 Å². The highest BCUT2D eigenvalue weighted by Crippen LogP contribution is 2.29. The fourth-order valence-corrected chi connectivity index (χ4v) is 2.97. The maximum absolute atomic E-state index is 13.9. The summed E-state index contributed by atoms with van der Waals surface area (Å²) in [5.41, 5.74) is 1.30. The second kappa shape index (κ2) is 6.48. The topological polar surface area (TPSA) is 37.2 Å². The van der Waals surface area contributed by atoms with Crippen molar-refractivity contribution in [3.05, 3.63) is 71.9 Å². The van der Waals surface area contributed by atoms with E-state index in [1.807, 2.05) is 0 Å². The van der Waals surface area contributed by atoms with Gasteiger partial charge in [0.15, 0.2) is 0 Å². The first kappa shape index (κ1) is 15.6. The van der Waals surface area contributed by atoms with Crippen molar-refractivity contribution in [2.24, 2.45) is 0 Å². The van der Waals surface area contributed by atoms with Crippen LogP contribution in [0, 0.1) is 11.6 Å². The van der Waals surface area contributed by atoms with E-state index in [0.717, 1.165) is 0 Å². The van der Waals surface area contributed by atoms with Gasteiger partial charge in [-0.1, -0.05) is 18.2 Å². The molecular weight excluding hydrogens is 298 g/mol. The Kier molecular flexibility index (Phi) is 4.41. The first-order valence-corrected chi connectivity index (χ1v) is 7.45. The summed E-state index contributed by atoms with van der Waals surface area (Å²) in [7, 11) is 1.74. The minimum absolute atomic E-state index is 0.317. The molecule has 0 radical (unpaired) electrons. The van der Waals surface area contributed by atoms with Crippen LogP contribution in [0.15, 0.2) is 54.7 Å². The Morgan fingerprint density at radius 2 is 1.91 bits per heavy atom. The number of nitrogens with zero attached hydrogens (tertiary/aromatic N) is 1. The molecule has 0 bridgehead atoms. The van der Waals surface area contributed by atoms with E-state index in [1.54, 1.807) is 48.1 Å². The van der Waals surface area contributed by atoms with Gasteiger partial charge in [-0.3, -0.25) is 0 Å². The maximum Gasteiger partial charge on any atom is 0.132 e. The maximum atomic E-state index is 13.9. The normalized spacial score (nSPS) is 14.1. The minimum Gasteiger partial charge on any atom is -0.389 e. The number of rotatable bonds is 5. The average Bonchev–Trinajstić information content (AvgIpc) is 2.93. The number of aliphatic hydroxyl groups excluding tert-OH is 1. The van der Waals surface area contributed by atoms with Gasteiger partial charge in [0.05, 0.1) is 17.7 Å². The summed E-state index contributed by atoms with van der Waals surface area (Å²) in [5, 5.41) is 14.0. The number of aliphatic hydroxyl groups is 1. The molecule has 0 aliphatic rings. The Morgan fingerprint density at radius 1 is 1.13 bits per heavy atom. The number of hydrogen-bond donors (Lipinski definition) is 2. The number of hydrogen-bond acceptors (Lipinski definition) is 2. The van der Waals surface area contributed by atoms with Crippen LogP contribution in [0.5, 0.6) is 0 Å². The van der Waals surface area contributed by atoms with Crippen molar-refractivity contribution in [3.63, 3.8) is 0 Å². The molecule has 2 aromatic carbocycles. The van der Waals surface area contributed by atoms with Crippen molar-refractivity contribution < 1.29 is 13.9 Å². The second-order valence-corrected chi connectivity index (χ2v) is 5.52. The number of halogens is 2. The van der Waals surface area contributed by atoms with Crippen molar-refractivity contribution in [1.82, 2.24) is 9.88 Å². The first-order chi connectivity index (χ1) is 11.1. The molecule has 1 aromatic heterocycles. The molecule has 0 saturated carbocycles. The molecule has 2 unspecified atom stereocenters. The van der Waals surface area contributed by atoms with Crippen LogP contribution in [0.25, 0.3) is 10.9 Å². The van der Waals surface area contributed by atoms with E-state index in [2.05, 4.69) is 5.32 Å². The van der Waals surface area contributed by atoms with Gasteiger partial charge in [0.2, 0.25) is 0 Å². The molecule has 3 aromatic rings. The van der Waals surface area contributed by atoms with Gasteiger partial charge >= 0.3 is 0 Å². The molecule has 3 rings (SSSR count). The Hall–Kier alpha value is -2.24. The fourth-order valence-electron chi connectivity index (χ4n) is 2.97.